The molecule has 3 N–H and O–H groups in total. The Bertz CT molecular complexity index is 484. The van der Waals surface area contributed by atoms with Crippen LogP contribution >= 0.6 is 0 Å². The van der Waals surface area contributed by atoms with Crippen LogP contribution in [-0.4, -0.2) is 12.5 Å². The first kappa shape index (κ1) is 15.0. The summed E-state index contributed by atoms with van der Waals surface area (Å²) in [6, 6.07) is 6.44. The number of nitrogens with one attached hydrogen (secondary N) is 1. The molecule has 0 radical (unpaired) electrons. The molecule has 110 valence electrons. The molecule has 20 heavy (non-hydrogen) atoms. The number of amides is 1. The molecule has 1 unspecified atom stereocenters. The molecule has 1 saturated carbocycles. The molecular formula is C17H26N2O. The first-order valence-corrected chi connectivity index (χ1v) is 7.60. The number of hydrogen-bond donors (Lipinski definition) is 2. The van der Waals surface area contributed by atoms with Gasteiger partial charge in [0.25, 0.3) is 0 Å². The van der Waals surface area contributed by atoms with Crippen molar-refractivity contribution < 1.29 is 4.79 Å². The molecule has 1 aliphatic rings. The summed E-state index contributed by atoms with van der Waals surface area (Å²) in [5, 5.41) is 3.17. The fraction of sp³-hybridized carbons (Fsp3) is 0.588. The monoisotopic (exact) mass is 274 g/mol. The number of carbonyl (C=O) groups is 1. The maximum absolute atomic E-state index is 12.4. The Kier molecular flexibility index (Phi) is 4.81. The van der Waals surface area contributed by atoms with Gasteiger partial charge in [0.2, 0.25) is 5.91 Å². The largest absolute Gasteiger partial charge is 0.349 e. The second-order valence-corrected chi connectivity index (χ2v) is 6.12. The van der Waals surface area contributed by atoms with Crippen LogP contribution in [0.2, 0.25) is 0 Å². The summed E-state index contributed by atoms with van der Waals surface area (Å²) in [4.78, 5) is 12.4. The van der Waals surface area contributed by atoms with Crippen molar-refractivity contribution in [2.45, 2.75) is 46.1 Å². The lowest BCUT2D eigenvalue weighted by atomic mass is 9.94. The van der Waals surface area contributed by atoms with Crippen LogP contribution in [0.1, 0.15) is 48.9 Å². The van der Waals surface area contributed by atoms with Crippen molar-refractivity contribution >= 4 is 5.91 Å². The van der Waals surface area contributed by atoms with Crippen LogP contribution < -0.4 is 11.1 Å². The highest BCUT2D eigenvalue weighted by Crippen LogP contribution is 2.31. The van der Waals surface area contributed by atoms with E-state index in [0.29, 0.717) is 12.5 Å². The molecule has 3 nitrogen and oxygen atoms in total. The van der Waals surface area contributed by atoms with Gasteiger partial charge in [-0.05, 0) is 57.2 Å². The van der Waals surface area contributed by atoms with Gasteiger partial charge >= 0.3 is 0 Å². The lowest BCUT2D eigenvalue weighted by Crippen LogP contribution is -2.36. The van der Waals surface area contributed by atoms with Gasteiger partial charge < -0.3 is 11.1 Å². The fourth-order valence-electron chi connectivity index (χ4n) is 3.37. The van der Waals surface area contributed by atoms with E-state index in [0.717, 1.165) is 19.3 Å². The van der Waals surface area contributed by atoms with Gasteiger partial charge in [-0.1, -0.05) is 30.2 Å². The Morgan fingerprint density at radius 1 is 1.40 bits per heavy atom. The van der Waals surface area contributed by atoms with Crippen molar-refractivity contribution in [2.24, 2.45) is 17.6 Å². The lowest BCUT2D eigenvalue weighted by Gasteiger charge is -2.22. The molecule has 0 aliphatic heterocycles. The van der Waals surface area contributed by atoms with Crippen molar-refractivity contribution in [1.29, 1.82) is 0 Å². The third-order valence-electron chi connectivity index (χ3n) is 4.55. The molecule has 0 spiro atoms. The predicted octanol–water partition coefficient (Wildman–Crippen LogP) is 2.86. The van der Waals surface area contributed by atoms with E-state index in [-0.39, 0.29) is 17.9 Å². The summed E-state index contributed by atoms with van der Waals surface area (Å²) < 4.78 is 0. The zero-order chi connectivity index (χ0) is 14.7. The molecule has 1 aromatic carbocycles. The Morgan fingerprint density at radius 2 is 2.15 bits per heavy atom. The molecule has 1 fully saturated rings. The van der Waals surface area contributed by atoms with E-state index in [4.69, 9.17) is 5.73 Å². The summed E-state index contributed by atoms with van der Waals surface area (Å²) >= 11 is 0. The summed E-state index contributed by atoms with van der Waals surface area (Å²) in [6.45, 7) is 6.87. The Morgan fingerprint density at radius 3 is 2.80 bits per heavy atom. The van der Waals surface area contributed by atoms with E-state index in [1.807, 2.05) is 0 Å². The molecule has 1 aliphatic carbocycles. The van der Waals surface area contributed by atoms with E-state index in [1.165, 1.54) is 16.7 Å². The summed E-state index contributed by atoms with van der Waals surface area (Å²) in [5.41, 5.74) is 9.45. The minimum absolute atomic E-state index is 0.0575. The van der Waals surface area contributed by atoms with Gasteiger partial charge in [-0.3, -0.25) is 4.79 Å². The molecule has 3 heteroatoms. The Balaban J connectivity index is 2.03. The van der Waals surface area contributed by atoms with Gasteiger partial charge in [0.1, 0.15) is 0 Å². The summed E-state index contributed by atoms with van der Waals surface area (Å²) in [5.74, 6) is 0.639. The van der Waals surface area contributed by atoms with Crippen molar-refractivity contribution in [3.8, 4) is 0 Å². The van der Waals surface area contributed by atoms with Crippen LogP contribution in [0, 0.1) is 25.7 Å². The quantitative estimate of drug-likeness (QED) is 0.887. The molecule has 2 rings (SSSR count). The van der Waals surface area contributed by atoms with Crippen molar-refractivity contribution in [1.82, 2.24) is 5.32 Å². The average molecular weight is 274 g/mol. The Hall–Kier alpha value is -1.35. The van der Waals surface area contributed by atoms with Crippen LogP contribution in [0.3, 0.4) is 0 Å². The number of benzene rings is 1. The lowest BCUT2D eigenvalue weighted by molar-refractivity contribution is -0.126. The average Bonchev–Trinajstić information content (AvgIpc) is 2.86. The molecule has 0 aromatic heterocycles. The van der Waals surface area contributed by atoms with E-state index >= 15 is 0 Å². The summed E-state index contributed by atoms with van der Waals surface area (Å²) in [7, 11) is 0. The van der Waals surface area contributed by atoms with Crippen LogP contribution in [0.5, 0.6) is 0 Å². The highest BCUT2D eigenvalue weighted by molar-refractivity contribution is 5.79. The summed E-state index contributed by atoms with van der Waals surface area (Å²) in [6.07, 6.45) is 3.19. The SMILES string of the molecule is Cc1ccc(C(C)NC(=O)[C@@H]2CCC[C@@H]2CN)c(C)c1. The molecule has 0 saturated heterocycles. The second kappa shape index (κ2) is 6.40. The zero-order valence-corrected chi connectivity index (χ0v) is 12.8. The highest BCUT2D eigenvalue weighted by atomic mass is 16.2. The van der Waals surface area contributed by atoms with E-state index < -0.39 is 0 Å². The maximum Gasteiger partial charge on any atom is 0.223 e. The van der Waals surface area contributed by atoms with Crippen molar-refractivity contribution in [3.63, 3.8) is 0 Å². The third kappa shape index (κ3) is 3.21. The van der Waals surface area contributed by atoms with Crippen LogP contribution in [0.15, 0.2) is 18.2 Å². The number of hydrogen-bond acceptors (Lipinski definition) is 2. The Labute approximate surface area is 121 Å². The van der Waals surface area contributed by atoms with Crippen LogP contribution in [-0.2, 0) is 4.79 Å². The smallest absolute Gasteiger partial charge is 0.223 e. The van der Waals surface area contributed by atoms with Crippen molar-refractivity contribution in [2.75, 3.05) is 6.54 Å². The van der Waals surface area contributed by atoms with Crippen LogP contribution in [0.25, 0.3) is 0 Å². The first-order chi connectivity index (χ1) is 9.52. The number of rotatable bonds is 4. The predicted molar refractivity (Wildman–Crippen MR) is 82.4 cm³/mol. The van der Waals surface area contributed by atoms with Gasteiger partial charge in [-0.15, -0.1) is 0 Å². The van der Waals surface area contributed by atoms with Gasteiger partial charge in [0.05, 0.1) is 6.04 Å². The third-order valence-corrected chi connectivity index (χ3v) is 4.55. The molecule has 0 bridgehead atoms. The van der Waals surface area contributed by atoms with E-state index in [9.17, 15) is 4.79 Å². The molecule has 3 atom stereocenters. The topological polar surface area (TPSA) is 55.1 Å². The van der Waals surface area contributed by atoms with Crippen molar-refractivity contribution in [3.05, 3.63) is 34.9 Å². The maximum atomic E-state index is 12.4. The van der Waals surface area contributed by atoms with E-state index in [2.05, 4.69) is 44.3 Å². The van der Waals surface area contributed by atoms with Crippen LogP contribution in [0.4, 0.5) is 0 Å². The second-order valence-electron chi connectivity index (χ2n) is 6.12. The number of carbonyl (C=O) groups excluding carboxylic acids is 1. The standard InChI is InChI=1S/C17H26N2O/c1-11-7-8-15(12(2)9-11)13(3)19-17(20)16-6-4-5-14(16)10-18/h7-9,13-14,16H,4-6,10,18H2,1-3H3,(H,19,20)/t13?,14-,16-/m1/s1. The molecule has 1 amide bonds. The molecule has 0 heterocycles. The van der Waals surface area contributed by atoms with Gasteiger partial charge in [-0.25, -0.2) is 0 Å². The van der Waals surface area contributed by atoms with Gasteiger partial charge in [0.15, 0.2) is 0 Å². The zero-order valence-electron chi connectivity index (χ0n) is 12.8. The van der Waals surface area contributed by atoms with E-state index in [1.54, 1.807) is 0 Å². The van der Waals surface area contributed by atoms with Gasteiger partial charge in [0, 0.05) is 5.92 Å². The normalized spacial score (nSPS) is 23.6. The van der Waals surface area contributed by atoms with Gasteiger partial charge in [-0.2, -0.15) is 0 Å². The molecule has 1 aromatic rings. The minimum Gasteiger partial charge on any atom is -0.349 e. The fourth-order valence-corrected chi connectivity index (χ4v) is 3.37. The minimum atomic E-state index is 0.0575. The molecular weight excluding hydrogens is 248 g/mol. The number of aryl methyl sites for hydroxylation is 2. The first-order valence-electron chi connectivity index (χ1n) is 7.60. The number of nitrogens with two attached hydrogens (primary N) is 1. The highest BCUT2D eigenvalue weighted by Gasteiger charge is 2.32.